The Morgan fingerprint density at radius 3 is 2.51 bits per heavy atom. The van der Waals surface area contributed by atoms with Gasteiger partial charge in [0.25, 0.3) is 5.91 Å². The van der Waals surface area contributed by atoms with Crippen LogP contribution in [0.15, 0.2) is 72.9 Å². The van der Waals surface area contributed by atoms with E-state index in [1.165, 1.54) is 0 Å². The first-order valence-electron chi connectivity index (χ1n) is 12.8. The highest BCUT2D eigenvalue weighted by Gasteiger charge is 2.44. The SMILES string of the molecule is CCOc1ccc(C2C(C(=O)Nc3ccccn3)c3ccccc3C(=O)N2CCN2CCOCC2)cc1. The Kier molecular flexibility index (Phi) is 7.77. The Morgan fingerprint density at radius 2 is 1.78 bits per heavy atom. The van der Waals surface area contributed by atoms with Crippen molar-refractivity contribution in [3.8, 4) is 5.75 Å². The molecule has 0 saturated carbocycles. The molecule has 2 unspecified atom stereocenters. The van der Waals surface area contributed by atoms with E-state index in [-0.39, 0.29) is 11.8 Å². The molecule has 8 nitrogen and oxygen atoms in total. The van der Waals surface area contributed by atoms with Crippen LogP contribution in [0.1, 0.15) is 40.4 Å². The summed E-state index contributed by atoms with van der Waals surface area (Å²) in [5, 5.41) is 2.99. The summed E-state index contributed by atoms with van der Waals surface area (Å²) in [6, 6.07) is 20.1. The number of aromatic nitrogens is 1. The molecular weight excluding hydrogens is 468 g/mol. The first-order valence-corrected chi connectivity index (χ1v) is 12.8. The van der Waals surface area contributed by atoms with Crippen LogP contribution in [-0.4, -0.2) is 72.6 Å². The molecule has 2 atom stereocenters. The number of pyridine rings is 1. The average molecular weight is 501 g/mol. The normalized spacial score (nSPS) is 19.8. The minimum atomic E-state index is -0.612. The second-order valence-electron chi connectivity index (χ2n) is 9.17. The first-order chi connectivity index (χ1) is 18.2. The number of ether oxygens (including phenoxy) is 2. The summed E-state index contributed by atoms with van der Waals surface area (Å²) in [4.78, 5) is 36.2. The van der Waals surface area contributed by atoms with E-state index >= 15 is 0 Å². The van der Waals surface area contributed by atoms with Crippen LogP contribution in [0, 0.1) is 0 Å². The number of carbonyl (C=O) groups is 2. The highest BCUT2D eigenvalue weighted by molar-refractivity contribution is 6.04. The average Bonchev–Trinajstić information content (AvgIpc) is 2.94. The molecule has 1 saturated heterocycles. The van der Waals surface area contributed by atoms with Gasteiger partial charge in [0, 0.05) is 37.9 Å². The van der Waals surface area contributed by atoms with Crippen molar-refractivity contribution in [2.75, 3.05) is 51.3 Å². The van der Waals surface area contributed by atoms with Crippen molar-refractivity contribution >= 4 is 17.6 Å². The highest BCUT2D eigenvalue weighted by atomic mass is 16.5. The predicted molar refractivity (Wildman–Crippen MR) is 141 cm³/mol. The minimum absolute atomic E-state index is 0.0652. The summed E-state index contributed by atoms with van der Waals surface area (Å²) in [5.41, 5.74) is 2.17. The number of amides is 2. The lowest BCUT2D eigenvalue weighted by Gasteiger charge is -2.42. The van der Waals surface area contributed by atoms with E-state index in [0.29, 0.717) is 44.3 Å². The number of anilines is 1. The summed E-state index contributed by atoms with van der Waals surface area (Å²) >= 11 is 0. The Bertz CT molecular complexity index is 1210. The number of hydrogen-bond donors (Lipinski definition) is 1. The molecule has 0 spiro atoms. The van der Waals surface area contributed by atoms with Gasteiger partial charge in [0.2, 0.25) is 5.91 Å². The molecule has 0 aliphatic carbocycles. The number of benzene rings is 2. The van der Waals surface area contributed by atoms with Crippen molar-refractivity contribution < 1.29 is 19.1 Å². The third kappa shape index (κ3) is 5.50. The number of nitrogens with zero attached hydrogens (tertiary/aromatic N) is 3. The smallest absolute Gasteiger partial charge is 0.254 e. The monoisotopic (exact) mass is 500 g/mol. The lowest BCUT2D eigenvalue weighted by Crippen LogP contribution is -2.49. The Balaban J connectivity index is 1.54. The van der Waals surface area contributed by atoms with Crippen LogP contribution in [0.5, 0.6) is 5.75 Å². The minimum Gasteiger partial charge on any atom is -0.494 e. The molecule has 2 aromatic carbocycles. The third-order valence-corrected chi connectivity index (χ3v) is 6.93. The number of carbonyl (C=O) groups excluding carboxylic acids is 2. The molecule has 3 aromatic rings. The van der Waals surface area contributed by atoms with Crippen LogP contribution in [0.25, 0.3) is 0 Å². The van der Waals surface area contributed by atoms with Gasteiger partial charge in [0.1, 0.15) is 11.6 Å². The quantitative estimate of drug-likeness (QED) is 0.508. The zero-order valence-corrected chi connectivity index (χ0v) is 21.0. The Hall–Kier alpha value is -3.75. The van der Waals surface area contributed by atoms with Crippen LogP contribution >= 0.6 is 0 Å². The van der Waals surface area contributed by atoms with Gasteiger partial charge in [-0.2, -0.15) is 0 Å². The molecule has 37 heavy (non-hydrogen) atoms. The van der Waals surface area contributed by atoms with Crippen molar-refractivity contribution in [3.63, 3.8) is 0 Å². The van der Waals surface area contributed by atoms with Gasteiger partial charge in [-0.15, -0.1) is 0 Å². The molecule has 2 aliphatic heterocycles. The van der Waals surface area contributed by atoms with Crippen molar-refractivity contribution in [1.29, 1.82) is 0 Å². The Morgan fingerprint density at radius 1 is 1.03 bits per heavy atom. The van der Waals surface area contributed by atoms with E-state index in [1.54, 1.807) is 18.3 Å². The fraction of sp³-hybridized carbons (Fsp3) is 0.345. The number of rotatable bonds is 8. The van der Waals surface area contributed by atoms with Crippen LogP contribution < -0.4 is 10.1 Å². The van der Waals surface area contributed by atoms with E-state index in [0.717, 1.165) is 30.0 Å². The maximum Gasteiger partial charge on any atom is 0.254 e. The van der Waals surface area contributed by atoms with Gasteiger partial charge in [-0.25, -0.2) is 4.98 Å². The van der Waals surface area contributed by atoms with E-state index in [9.17, 15) is 9.59 Å². The van der Waals surface area contributed by atoms with Gasteiger partial charge in [-0.3, -0.25) is 14.5 Å². The molecule has 2 amide bonds. The molecule has 0 radical (unpaired) electrons. The van der Waals surface area contributed by atoms with E-state index < -0.39 is 12.0 Å². The molecule has 1 N–H and O–H groups in total. The van der Waals surface area contributed by atoms with Gasteiger partial charge < -0.3 is 19.7 Å². The zero-order valence-electron chi connectivity index (χ0n) is 21.0. The summed E-state index contributed by atoms with van der Waals surface area (Å²) < 4.78 is 11.1. The standard InChI is InChI=1S/C29H32N4O4/c1-2-37-22-12-10-21(11-13-22)27-26(28(34)31-25-9-5-6-14-30-25)23-7-3-4-8-24(23)29(35)33(27)16-15-32-17-19-36-20-18-32/h3-14,26-27H,2,15-20H2,1H3,(H,30,31,34). The van der Waals surface area contributed by atoms with Crippen molar-refractivity contribution in [1.82, 2.24) is 14.8 Å². The summed E-state index contributed by atoms with van der Waals surface area (Å²) in [5.74, 6) is 0.354. The molecule has 1 aromatic heterocycles. The summed E-state index contributed by atoms with van der Waals surface area (Å²) in [7, 11) is 0. The van der Waals surface area contributed by atoms with Gasteiger partial charge in [-0.1, -0.05) is 36.4 Å². The predicted octanol–water partition coefficient (Wildman–Crippen LogP) is 3.73. The number of morpholine rings is 1. The van der Waals surface area contributed by atoms with E-state index in [2.05, 4.69) is 15.2 Å². The zero-order chi connectivity index (χ0) is 25.6. The summed E-state index contributed by atoms with van der Waals surface area (Å²) in [6.07, 6.45) is 1.65. The van der Waals surface area contributed by atoms with E-state index in [1.807, 2.05) is 66.4 Å². The van der Waals surface area contributed by atoms with Crippen LogP contribution in [0.3, 0.4) is 0 Å². The fourth-order valence-electron chi connectivity index (χ4n) is 5.13. The van der Waals surface area contributed by atoms with Gasteiger partial charge in [-0.05, 0) is 48.4 Å². The van der Waals surface area contributed by atoms with Crippen LogP contribution in [0.2, 0.25) is 0 Å². The first kappa shape index (κ1) is 24.9. The van der Waals surface area contributed by atoms with E-state index in [4.69, 9.17) is 9.47 Å². The van der Waals surface area contributed by atoms with Gasteiger partial charge in [0.05, 0.1) is 31.8 Å². The maximum atomic E-state index is 13.9. The number of fused-ring (bicyclic) bond motifs is 1. The second kappa shape index (κ2) is 11.5. The van der Waals surface area contributed by atoms with Gasteiger partial charge in [0.15, 0.2) is 0 Å². The van der Waals surface area contributed by atoms with Crippen LogP contribution in [0.4, 0.5) is 5.82 Å². The molecule has 2 aliphatic rings. The van der Waals surface area contributed by atoms with Crippen molar-refractivity contribution in [2.45, 2.75) is 18.9 Å². The third-order valence-electron chi connectivity index (χ3n) is 6.93. The van der Waals surface area contributed by atoms with Gasteiger partial charge >= 0.3 is 0 Å². The maximum absolute atomic E-state index is 13.9. The topological polar surface area (TPSA) is 84.0 Å². The second-order valence-corrected chi connectivity index (χ2v) is 9.17. The molecule has 5 rings (SSSR count). The van der Waals surface area contributed by atoms with Crippen LogP contribution in [-0.2, 0) is 9.53 Å². The molecule has 192 valence electrons. The molecule has 3 heterocycles. The highest BCUT2D eigenvalue weighted by Crippen LogP contribution is 2.43. The summed E-state index contributed by atoms with van der Waals surface area (Å²) in [6.45, 7) is 6.75. The number of nitrogens with one attached hydrogen (secondary N) is 1. The lowest BCUT2D eigenvalue weighted by atomic mass is 9.79. The largest absolute Gasteiger partial charge is 0.494 e. The molecule has 8 heteroatoms. The molecule has 0 bridgehead atoms. The molecule has 1 fully saturated rings. The fourth-order valence-corrected chi connectivity index (χ4v) is 5.13. The van der Waals surface area contributed by atoms with Crippen molar-refractivity contribution in [2.24, 2.45) is 0 Å². The lowest BCUT2D eigenvalue weighted by molar-refractivity contribution is -0.119. The number of hydrogen-bond acceptors (Lipinski definition) is 6. The Labute approximate surface area is 217 Å². The van der Waals surface area contributed by atoms with Crippen molar-refractivity contribution in [3.05, 3.63) is 89.6 Å². The molecular formula is C29H32N4O4.